The number of hydrogen-bond acceptors (Lipinski definition) is 5. The molecule has 0 atom stereocenters. The van der Waals surface area contributed by atoms with Crippen molar-refractivity contribution < 1.29 is 19.0 Å². The molecular weight excluding hydrogens is 356 g/mol. The van der Waals surface area contributed by atoms with Crippen LogP contribution in [-0.4, -0.2) is 46.4 Å². The Labute approximate surface area is 162 Å². The number of halogens is 1. The molecule has 0 bridgehead atoms. The Morgan fingerprint density at radius 1 is 1.23 bits per heavy atom. The van der Waals surface area contributed by atoms with Gasteiger partial charge in [0.2, 0.25) is 5.91 Å². The molecule has 1 aliphatic heterocycles. The van der Waals surface area contributed by atoms with E-state index in [0.29, 0.717) is 50.6 Å². The number of nitrogens with one attached hydrogen (secondary N) is 1. The van der Waals surface area contributed by atoms with Crippen LogP contribution in [0.2, 0.25) is 0 Å². The van der Waals surface area contributed by atoms with Gasteiger partial charge in [-0.1, -0.05) is 19.9 Å². The zero-order valence-electron chi connectivity index (χ0n) is 16.1. The third-order valence-electron chi connectivity index (χ3n) is 5.18. The second-order valence-corrected chi connectivity index (χ2v) is 7.23. The molecule has 0 radical (unpaired) electrons. The Morgan fingerprint density at radius 2 is 1.85 bits per heavy atom. The fraction of sp³-hybridized carbons (Fsp3) is 0.632. The van der Waals surface area contributed by atoms with E-state index in [1.807, 2.05) is 18.2 Å². The first-order valence-electron chi connectivity index (χ1n) is 8.67. The highest BCUT2D eigenvalue weighted by molar-refractivity contribution is 5.85. The number of nitrogens with two attached hydrogens (primary N) is 1. The Hall–Kier alpha value is -1.50. The highest BCUT2D eigenvalue weighted by Gasteiger charge is 2.39. The SMILES string of the molecule is COc1ccc(C(C)(C)CNC(=O)C2(CN)CCOCC2)cc1OC.Cl. The van der Waals surface area contributed by atoms with E-state index in [9.17, 15) is 4.79 Å². The van der Waals surface area contributed by atoms with Gasteiger partial charge in [0, 0.05) is 31.7 Å². The molecule has 0 unspecified atom stereocenters. The molecule has 0 aliphatic carbocycles. The van der Waals surface area contributed by atoms with E-state index < -0.39 is 5.41 Å². The van der Waals surface area contributed by atoms with E-state index in [4.69, 9.17) is 19.9 Å². The summed E-state index contributed by atoms with van der Waals surface area (Å²) in [7, 11) is 3.23. The van der Waals surface area contributed by atoms with Crippen molar-refractivity contribution in [1.29, 1.82) is 0 Å². The molecule has 1 amide bonds. The number of rotatable bonds is 7. The van der Waals surface area contributed by atoms with E-state index in [1.165, 1.54) is 0 Å². The average Bonchev–Trinajstić information content (AvgIpc) is 2.65. The molecule has 3 N–H and O–H groups in total. The van der Waals surface area contributed by atoms with Crippen molar-refractivity contribution in [3.63, 3.8) is 0 Å². The van der Waals surface area contributed by atoms with Gasteiger partial charge in [-0.3, -0.25) is 4.79 Å². The quantitative estimate of drug-likeness (QED) is 0.751. The zero-order chi connectivity index (χ0) is 18.5. The van der Waals surface area contributed by atoms with Gasteiger partial charge in [-0.15, -0.1) is 12.4 Å². The van der Waals surface area contributed by atoms with Crippen molar-refractivity contribution in [3.05, 3.63) is 23.8 Å². The first-order chi connectivity index (χ1) is 11.9. The highest BCUT2D eigenvalue weighted by Crippen LogP contribution is 2.34. The van der Waals surface area contributed by atoms with Gasteiger partial charge in [-0.05, 0) is 30.5 Å². The van der Waals surface area contributed by atoms with E-state index >= 15 is 0 Å². The van der Waals surface area contributed by atoms with E-state index in [0.717, 1.165) is 5.56 Å². The van der Waals surface area contributed by atoms with Gasteiger partial charge in [0.1, 0.15) is 0 Å². The molecule has 0 aromatic heterocycles. The summed E-state index contributed by atoms with van der Waals surface area (Å²) in [6, 6.07) is 5.84. The zero-order valence-corrected chi connectivity index (χ0v) is 16.9. The second kappa shape index (κ2) is 9.44. The van der Waals surface area contributed by atoms with Gasteiger partial charge in [0.25, 0.3) is 0 Å². The lowest BCUT2D eigenvalue weighted by Gasteiger charge is -2.36. The average molecular weight is 387 g/mol. The van der Waals surface area contributed by atoms with Gasteiger partial charge in [0.05, 0.1) is 19.6 Å². The van der Waals surface area contributed by atoms with Crippen LogP contribution in [0, 0.1) is 5.41 Å². The number of carbonyl (C=O) groups is 1. The van der Waals surface area contributed by atoms with Crippen LogP contribution in [0.25, 0.3) is 0 Å². The topological polar surface area (TPSA) is 82.8 Å². The van der Waals surface area contributed by atoms with Crippen LogP contribution in [0.5, 0.6) is 11.5 Å². The summed E-state index contributed by atoms with van der Waals surface area (Å²) in [5.74, 6) is 1.39. The summed E-state index contributed by atoms with van der Waals surface area (Å²) in [5, 5.41) is 3.10. The van der Waals surface area contributed by atoms with Crippen LogP contribution in [0.15, 0.2) is 18.2 Å². The predicted octanol–water partition coefficient (Wildman–Crippen LogP) is 2.27. The van der Waals surface area contributed by atoms with E-state index in [-0.39, 0.29) is 23.7 Å². The van der Waals surface area contributed by atoms with Gasteiger partial charge < -0.3 is 25.3 Å². The van der Waals surface area contributed by atoms with Crippen molar-refractivity contribution in [3.8, 4) is 11.5 Å². The smallest absolute Gasteiger partial charge is 0.227 e. The molecule has 26 heavy (non-hydrogen) atoms. The minimum Gasteiger partial charge on any atom is -0.493 e. The van der Waals surface area contributed by atoms with Gasteiger partial charge in [-0.25, -0.2) is 0 Å². The van der Waals surface area contributed by atoms with Crippen LogP contribution in [0.1, 0.15) is 32.3 Å². The molecule has 1 saturated heterocycles. The molecule has 0 saturated carbocycles. The molecule has 1 aromatic carbocycles. The van der Waals surface area contributed by atoms with Crippen LogP contribution < -0.4 is 20.5 Å². The van der Waals surface area contributed by atoms with Gasteiger partial charge in [-0.2, -0.15) is 0 Å². The van der Waals surface area contributed by atoms with Crippen LogP contribution in [-0.2, 0) is 14.9 Å². The fourth-order valence-electron chi connectivity index (χ4n) is 3.13. The van der Waals surface area contributed by atoms with E-state index in [2.05, 4.69) is 19.2 Å². The fourth-order valence-corrected chi connectivity index (χ4v) is 3.13. The van der Waals surface area contributed by atoms with Crippen molar-refractivity contribution >= 4 is 18.3 Å². The van der Waals surface area contributed by atoms with Gasteiger partial charge >= 0.3 is 0 Å². The summed E-state index contributed by atoms with van der Waals surface area (Å²) < 4.78 is 16.0. The van der Waals surface area contributed by atoms with Crippen molar-refractivity contribution in [2.24, 2.45) is 11.1 Å². The molecular formula is C19H31ClN2O4. The Morgan fingerprint density at radius 3 is 2.38 bits per heavy atom. The Balaban J connectivity index is 0.00000338. The first-order valence-corrected chi connectivity index (χ1v) is 8.67. The number of methoxy groups -OCH3 is 2. The standard InChI is InChI=1S/C19H30N2O4.ClH/c1-18(2,14-5-6-15(23-3)16(11-14)24-4)13-21-17(22)19(12-20)7-9-25-10-8-19;/h5-6,11H,7-10,12-13,20H2,1-4H3,(H,21,22);1H. The maximum Gasteiger partial charge on any atom is 0.227 e. The minimum atomic E-state index is -0.508. The molecule has 148 valence electrons. The largest absolute Gasteiger partial charge is 0.493 e. The summed E-state index contributed by atoms with van der Waals surface area (Å²) in [5.41, 5.74) is 6.22. The minimum absolute atomic E-state index is 0. The van der Waals surface area contributed by atoms with Gasteiger partial charge in [0.15, 0.2) is 11.5 Å². The molecule has 1 fully saturated rings. The molecule has 0 spiro atoms. The summed E-state index contributed by atoms with van der Waals surface area (Å²) in [6.45, 7) is 6.22. The summed E-state index contributed by atoms with van der Waals surface area (Å²) in [6.07, 6.45) is 1.35. The van der Waals surface area contributed by atoms with Crippen LogP contribution in [0.4, 0.5) is 0 Å². The highest BCUT2D eigenvalue weighted by atomic mass is 35.5. The van der Waals surface area contributed by atoms with Crippen molar-refractivity contribution in [1.82, 2.24) is 5.32 Å². The molecule has 1 aromatic rings. The number of hydrogen-bond donors (Lipinski definition) is 2. The van der Waals surface area contributed by atoms with Crippen LogP contribution in [0.3, 0.4) is 0 Å². The van der Waals surface area contributed by atoms with Crippen LogP contribution >= 0.6 is 12.4 Å². The normalized spacial score (nSPS) is 16.3. The molecule has 2 rings (SSSR count). The lowest BCUT2D eigenvalue weighted by Crippen LogP contribution is -2.51. The molecule has 6 nitrogen and oxygen atoms in total. The Bertz CT molecular complexity index is 601. The third-order valence-corrected chi connectivity index (χ3v) is 5.18. The first kappa shape index (κ1) is 22.5. The number of benzene rings is 1. The predicted molar refractivity (Wildman–Crippen MR) is 104 cm³/mol. The summed E-state index contributed by atoms with van der Waals surface area (Å²) in [4.78, 5) is 12.8. The number of amides is 1. The lowest BCUT2D eigenvalue weighted by molar-refractivity contribution is -0.136. The second-order valence-electron chi connectivity index (χ2n) is 7.23. The summed E-state index contributed by atoms with van der Waals surface area (Å²) >= 11 is 0. The monoisotopic (exact) mass is 386 g/mol. The number of ether oxygens (including phenoxy) is 3. The molecule has 1 aliphatic rings. The number of carbonyl (C=O) groups excluding carboxylic acids is 1. The molecule has 1 heterocycles. The third kappa shape index (κ3) is 4.81. The maximum atomic E-state index is 12.8. The van der Waals surface area contributed by atoms with E-state index in [1.54, 1.807) is 14.2 Å². The maximum absolute atomic E-state index is 12.8. The van der Waals surface area contributed by atoms with Crippen molar-refractivity contribution in [2.45, 2.75) is 32.1 Å². The lowest BCUT2D eigenvalue weighted by atomic mass is 9.78. The molecule has 7 heteroatoms. The van der Waals surface area contributed by atoms with Crippen molar-refractivity contribution in [2.75, 3.05) is 40.5 Å². The Kier molecular flexibility index (Phi) is 8.18.